The Balaban J connectivity index is 1.46. The van der Waals surface area contributed by atoms with E-state index in [-0.39, 0.29) is 0 Å². The molecule has 0 unspecified atom stereocenters. The number of hydrogen-bond acceptors (Lipinski definition) is 3. The van der Waals surface area contributed by atoms with E-state index in [0.717, 1.165) is 27.2 Å². The van der Waals surface area contributed by atoms with Gasteiger partial charge in [0.1, 0.15) is 15.8 Å². The summed E-state index contributed by atoms with van der Waals surface area (Å²) in [5.74, 6) is -3.40. The lowest BCUT2D eigenvalue weighted by Crippen LogP contribution is -2.57. The van der Waals surface area contributed by atoms with Crippen LogP contribution in [0.15, 0.2) is 72.8 Å². The van der Waals surface area contributed by atoms with Gasteiger partial charge in [-0.2, -0.15) is 0 Å². The van der Waals surface area contributed by atoms with Gasteiger partial charge in [-0.15, -0.1) is 23.2 Å². The predicted molar refractivity (Wildman–Crippen MR) is 135 cm³/mol. The molecule has 2 bridgehead atoms. The molecule has 1 fully saturated rings. The van der Waals surface area contributed by atoms with Crippen LogP contribution in [0.4, 0.5) is 5.69 Å². The maximum absolute atomic E-state index is 13.9. The van der Waals surface area contributed by atoms with Crippen molar-refractivity contribution < 1.29 is 14.4 Å². The molecule has 1 heterocycles. The quantitative estimate of drug-likeness (QED) is 0.375. The number of benzene rings is 3. The number of likely N-dealkylation sites (tertiary alicyclic amines) is 1. The zero-order valence-corrected chi connectivity index (χ0v) is 20.7. The fraction of sp³-hybridized carbons (Fsp3) is 0.222. The highest BCUT2D eigenvalue weighted by Gasteiger charge is 2.73. The molecule has 7 rings (SSSR count). The highest BCUT2D eigenvalue weighted by molar-refractivity contribution is 6.36. The average molecular weight is 526 g/mol. The van der Waals surface area contributed by atoms with Crippen molar-refractivity contribution in [1.29, 1.82) is 0 Å². The number of nitrogens with zero attached hydrogens (tertiary/aromatic N) is 1. The molecule has 8 heteroatoms. The van der Waals surface area contributed by atoms with Crippen LogP contribution in [0.1, 0.15) is 29.2 Å². The van der Waals surface area contributed by atoms with Crippen molar-refractivity contribution >= 4 is 58.2 Å². The first kappa shape index (κ1) is 22.6. The second kappa shape index (κ2) is 7.57. The molecule has 0 radical (unpaired) electrons. The Morgan fingerprint density at radius 1 is 0.829 bits per heavy atom. The number of carbonyl (C=O) groups excluding carboxylic acids is 3. The topological polar surface area (TPSA) is 66.5 Å². The summed E-state index contributed by atoms with van der Waals surface area (Å²) < 4.78 is 0. The Labute approximate surface area is 217 Å². The number of amides is 3. The number of rotatable bonds is 3. The van der Waals surface area contributed by atoms with Gasteiger partial charge in [-0.25, -0.2) is 0 Å². The van der Waals surface area contributed by atoms with E-state index in [1.54, 1.807) is 24.3 Å². The van der Waals surface area contributed by atoms with Gasteiger partial charge in [0, 0.05) is 10.7 Å². The van der Waals surface area contributed by atoms with Crippen LogP contribution >= 0.6 is 34.8 Å². The lowest BCUT2D eigenvalue weighted by Gasteiger charge is -2.54. The Kier molecular flexibility index (Phi) is 4.89. The standard InChI is InChI=1S/C27H19Cl3N2O3/c1-14(23(33)31-16-8-6-7-15(28)13-16)32-24(34)21-22(25(32)35)27(30)18-10-3-2-9-17(18)26(21,29)19-11-4-5-12-20(19)27/h2-14,21-22H,1H3,(H,31,33)/t14-,21-,22+,26?,27?/m1/s1. The van der Waals surface area contributed by atoms with Crippen LogP contribution in [0.3, 0.4) is 0 Å². The van der Waals surface area contributed by atoms with E-state index in [1.807, 2.05) is 48.5 Å². The lowest BCUT2D eigenvalue weighted by atomic mass is 9.54. The first-order valence-corrected chi connectivity index (χ1v) is 12.3. The fourth-order valence-electron chi connectivity index (χ4n) is 6.00. The van der Waals surface area contributed by atoms with E-state index in [2.05, 4.69) is 5.32 Å². The largest absolute Gasteiger partial charge is 0.324 e. The Morgan fingerprint density at radius 2 is 1.29 bits per heavy atom. The van der Waals surface area contributed by atoms with Gasteiger partial charge in [-0.1, -0.05) is 66.2 Å². The number of halogens is 3. The van der Waals surface area contributed by atoms with Crippen molar-refractivity contribution in [1.82, 2.24) is 4.90 Å². The van der Waals surface area contributed by atoms with Crippen molar-refractivity contribution in [3.63, 3.8) is 0 Å². The van der Waals surface area contributed by atoms with Crippen LogP contribution in [0.25, 0.3) is 0 Å². The molecular weight excluding hydrogens is 507 g/mol. The zero-order valence-electron chi connectivity index (χ0n) is 18.5. The minimum Gasteiger partial charge on any atom is -0.324 e. The number of anilines is 1. The summed E-state index contributed by atoms with van der Waals surface area (Å²) in [5, 5.41) is 3.19. The minimum atomic E-state index is -1.28. The summed E-state index contributed by atoms with van der Waals surface area (Å²) in [6.45, 7) is 1.52. The number of nitrogens with one attached hydrogen (secondary N) is 1. The molecule has 3 aliphatic carbocycles. The lowest BCUT2D eigenvalue weighted by molar-refractivity contribution is -0.146. The summed E-state index contributed by atoms with van der Waals surface area (Å²) in [4.78, 5) is 39.4. The Hall–Kier alpha value is -2.86. The Bertz CT molecular complexity index is 1320. The summed E-state index contributed by atoms with van der Waals surface area (Å²) in [5.41, 5.74) is 3.34. The molecule has 1 aliphatic heterocycles. The van der Waals surface area contributed by atoms with Gasteiger partial charge < -0.3 is 5.32 Å². The van der Waals surface area contributed by atoms with Crippen LogP contribution in [0.5, 0.6) is 0 Å². The molecule has 0 saturated carbocycles. The van der Waals surface area contributed by atoms with E-state index in [1.165, 1.54) is 6.92 Å². The van der Waals surface area contributed by atoms with E-state index >= 15 is 0 Å². The molecular formula is C27H19Cl3N2O3. The fourth-order valence-corrected chi connectivity index (χ4v) is 7.29. The van der Waals surface area contributed by atoms with Crippen molar-refractivity contribution in [3.8, 4) is 0 Å². The number of hydrogen-bond donors (Lipinski definition) is 1. The molecule has 176 valence electrons. The number of imide groups is 1. The van der Waals surface area contributed by atoms with Crippen molar-refractivity contribution in [2.45, 2.75) is 22.7 Å². The number of alkyl halides is 2. The smallest absolute Gasteiger partial charge is 0.247 e. The van der Waals surface area contributed by atoms with Crippen LogP contribution in [-0.2, 0) is 24.1 Å². The molecule has 5 nitrogen and oxygen atoms in total. The third-order valence-electron chi connectivity index (χ3n) is 7.48. The molecule has 4 aliphatic rings. The summed E-state index contributed by atoms with van der Waals surface area (Å²) >= 11 is 20.8. The Morgan fingerprint density at radius 3 is 1.71 bits per heavy atom. The average Bonchev–Trinajstić information content (AvgIpc) is 3.13. The third kappa shape index (κ3) is 2.80. The second-order valence-electron chi connectivity index (χ2n) is 9.19. The van der Waals surface area contributed by atoms with E-state index < -0.39 is 45.3 Å². The SMILES string of the molecule is C[C@H](C(=O)Nc1cccc(Cl)c1)N1C(=O)[C@@H]2[C@H](C1=O)C1(Cl)c3ccccc3C2(Cl)c2ccccc21. The van der Waals surface area contributed by atoms with E-state index in [0.29, 0.717) is 10.7 Å². The van der Waals surface area contributed by atoms with Gasteiger partial charge in [0.25, 0.3) is 0 Å². The van der Waals surface area contributed by atoms with Crippen LogP contribution in [0.2, 0.25) is 5.02 Å². The molecule has 1 saturated heterocycles. The van der Waals surface area contributed by atoms with Crippen molar-refractivity contribution in [2.75, 3.05) is 5.32 Å². The summed E-state index contributed by atoms with van der Waals surface area (Å²) in [7, 11) is 0. The summed E-state index contributed by atoms with van der Waals surface area (Å²) in [6.07, 6.45) is 0. The first-order valence-electron chi connectivity index (χ1n) is 11.2. The van der Waals surface area contributed by atoms with Gasteiger partial charge in [-0.3, -0.25) is 19.3 Å². The molecule has 3 aromatic carbocycles. The normalized spacial score (nSPS) is 28.9. The molecule has 0 spiro atoms. The van der Waals surface area contributed by atoms with Crippen molar-refractivity contribution in [3.05, 3.63) is 100 Å². The van der Waals surface area contributed by atoms with Crippen LogP contribution in [0, 0.1) is 11.8 Å². The monoisotopic (exact) mass is 524 g/mol. The van der Waals surface area contributed by atoms with Gasteiger partial charge in [0.15, 0.2) is 0 Å². The van der Waals surface area contributed by atoms with Crippen LogP contribution < -0.4 is 5.32 Å². The highest BCUT2D eigenvalue weighted by Crippen LogP contribution is 2.69. The molecule has 35 heavy (non-hydrogen) atoms. The minimum absolute atomic E-state index is 0.454. The van der Waals surface area contributed by atoms with Gasteiger partial charge in [0.05, 0.1) is 11.8 Å². The second-order valence-corrected chi connectivity index (χ2v) is 10.8. The van der Waals surface area contributed by atoms with Gasteiger partial charge in [-0.05, 0) is 47.4 Å². The first-order chi connectivity index (χ1) is 16.7. The maximum Gasteiger partial charge on any atom is 0.247 e. The predicted octanol–water partition coefficient (Wildman–Crippen LogP) is 5.26. The molecule has 3 amide bonds. The third-order valence-corrected chi connectivity index (χ3v) is 9.00. The van der Waals surface area contributed by atoms with Gasteiger partial charge >= 0.3 is 0 Å². The molecule has 3 aromatic rings. The highest BCUT2D eigenvalue weighted by atomic mass is 35.5. The van der Waals surface area contributed by atoms with Crippen LogP contribution in [-0.4, -0.2) is 28.7 Å². The summed E-state index contributed by atoms with van der Waals surface area (Å²) in [6, 6.07) is 20.4. The molecule has 3 atom stereocenters. The molecule has 1 N–H and O–H groups in total. The van der Waals surface area contributed by atoms with Crippen molar-refractivity contribution in [2.24, 2.45) is 11.8 Å². The number of carbonyl (C=O) groups is 3. The van der Waals surface area contributed by atoms with E-state index in [9.17, 15) is 14.4 Å². The van der Waals surface area contributed by atoms with E-state index in [4.69, 9.17) is 34.8 Å². The van der Waals surface area contributed by atoms with Gasteiger partial charge in [0.2, 0.25) is 17.7 Å². The maximum atomic E-state index is 13.9. The molecule has 0 aromatic heterocycles. The zero-order chi connectivity index (χ0) is 24.7.